The van der Waals surface area contributed by atoms with E-state index in [9.17, 15) is 14.7 Å². The Kier molecular flexibility index (Phi) is 9.11. The van der Waals surface area contributed by atoms with Crippen molar-refractivity contribution in [2.75, 3.05) is 0 Å². The monoisotopic (exact) mass is 413 g/mol. The molecule has 156 valence electrons. The molecular formula is C20H39NO4Si2. The molecule has 1 saturated carbocycles. The first kappa shape index (κ1) is 24.3. The molecular weight excluding hydrogens is 374 g/mol. The Bertz CT molecular complexity index is 531. The number of nitrogens with two attached hydrogens (primary N) is 1. The number of hydrogen-bond donors (Lipinski definition) is 2. The maximum atomic E-state index is 12.0. The number of ketones is 1. The summed E-state index contributed by atoms with van der Waals surface area (Å²) in [6.45, 7) is 15.6. The minimum atomic E-state index is -1.34. The molecule has 0 saturated heterocycles. The van der Waals surface area contributed by atoms with Crippen molar-refractivity contribution in [1.29, 1.82) is 0 Å². The predicted molar refractivity (Wildman–Crippen MR) is 116 cm³/mol. The second-order valence-electron chi connectivity index (χ2n) is 10.1. The van der Waals surface area contributed by atoms with E-state index in [0.29, 0.717) is 18.8 Å². The molecule has 0 aromatic rings. The van der Waals surface area contributed by atoms with Crippen LogP contribution in [0, 0.1) is 5.92 Å². The number of aliphatic hydroxyl groups excluding tert-OH is 1. The van der Waals surface area contributed by atoms with Gasteiger partial charge < -0.3 is 15.6 Å². The van der Waals surface area contributed by atoms with Crippen molar-refractivity contribution < 1.29 is 19.4 Å². The number of carbonyl (C=O) groups excluding carboxylic acids is 2. The molecule has 4 unspecified atom stereocenters. The van der Waals surface area contributed by atoms with Gasteiger partial charge in [0.2, 0.25) is 0 Å². The lowest BCUT2D eigenvalue weighted by atomic mass is 9.83. The molecule has 1 rings (SSSR count). The fourth-order valence-electron chi connectivity index (χ4n) is 3.48. The average molecular weight is 414 g/mol. The summed E-state index contributed by atoms with van der Waals surface area (Å²) in [5, 5.41) is 10.2. The largest absolute Gasteiger partial charge is 0.458 e. The van der Waals surface area contributed by atoms with Gasteiger partial charge in [-0.25, -0.2) is 4.79 Å². The second kappa shape index (κ2) is 10.1. The van der Waals surface area contributed by atoms with Crippen molar-refractivity contribution in [1.82, 2.24) is 0 Å². The third-order valence-corrected chi connectivity index (χ3v) is 11.2. The Morgan fingerprint density at radius 2 is 1.81 bits per heavy atom. The van der Waals surface area contributed by atoms with Crippen LogP contribution in [-0.2, 0) is 14.3 Å². The fraction of sp³-hybridized carbons (Fsp3) is 0.800. The van der Waals surface area contributed by atoms with Gasteiger partial charge in [0.05, 0.1) is 6.10 Å². The van der Waals surface area contributed by atoms with E-state index in [1.807, 2.05) is 0 Å². The molecule has 1 aliphatic carbocycles. The zero-order valence-corrected chi connectivity index (χ0v) is 19.8. The third-order valence-electron chi connectivity index (χ3n) is 5.68. The molecule has 0 aliphatic heterocycles. The van der Waals surface area contributed by atoms with Crippen molar-refractivity contribution in [2.24, 2.45) is 11.7 Å². The number of hydrogen-bond acceptors (Lipinski definition) is 5. The summed E-state index contributed by atoms with van der Waals surface area (Å²) >= 11 is 0. The Hall–Kier alpha value is -0.766. The molecule has 1 aliphatic rings. The van der Waals surface area contributed by atoms with E-state index in [1.165, 1.54) is 18.1 Å². The van der Waals surface area contributed by atoms with Gasteiger partial charge in [-0.15, -0.1) is 0 Å². The molecule has 0 spiro atoms. The Labute approximate surface area is 166 Å². The van der Waals surface area contributed by atoms with Crippen molar-refractivity contribution in [3.63, 3.8) is 0 Å². The highest BCUT2D eigenvalue weighted by molar-refractivity contribution is 6.82. The van der Waals surface area contributed by atoms with Gasteiger partial charge in [0.25, 0.3) is 0 Å². The van der Waals surface area contributed by atoms with Crippen molar-refractivity contribution in [3.05, 3.63) is 12.7 Å². The molecule has 0 radical (unpaired) electrons. The maximum Gasteiger partial charge on any atom is 0.331 e. The zero-order valence-electron chi connectivity index (χ0n) is 17.8. The number of rotatable bonds is 10. The van der Waals surface area contributed by atoms with E-state index >= 15 is 0 Å². The number of esters is 1. The molecule has 0 aromatic carbocycles. The van der Waals surface area contributed by atoms with Crippen LogP contribution in [0.5, 0.6) is 0 Å². The van der Waals surface area contributed by atoms with Crippen molar-refractivity contribution in [3.8, 4) is 0 Å². The minimum absolute atomic E-state index is 0.455. The van der Waals surface area contributed by atoms with Gasteiger partial charge in [0.15, 0.2) is 11.8 Å². The van der Waals surface area contributed by atoms with Crippen molar-refractivity contribution >= 4 is 27.9 Å². The molecule has 0 aromatic heterocycles. The number of aliphatic hydroxyl groups is 1. The molecule has 7 heteroatoms. The Morgan fingerprint density at radius 3 is 2.37 bits per heavy atom. The normalized spacial score (nSPS) is 24.9. The van der Waals surface area contributed by atoms with Crippen LogP contribution in [0.4, 0.5) is 0 Å². The van der Waals surface area contributed by atoms with Gasteiger partial charge in [-0.05, 0) is 31.3 Å². The topological polar surface area (TPSA) is 89.6 Å². The van der Waals surface area contributed by atoms with E-state index in [2.05, 4.69) is 39.3 Å². The van der Waals surface area contributed by atoms with Crippen LogP contribution in [-0.4, -0.2) is 51.3 Å². The molecule has 0 heterocycles. The molecule has 27 heavy (non-hydrogen) atoms. The van der Waals surface area contributed by atoms with Gasteiger partial charge in [0.1, 0.15) is 6.10 Å². The smallest absolute Gasteiger partial charge is 0.331 e. The lowest BCUT2D eigenvalue weighted by molar-refractivity contribution is -0.161. The lowest BCUT2D eigenvalue weighted by Gasteiger charge is -2.35. The number of ether oxygens (including phenoxy) is 1. The van der Waals surface area contributed by atoms with E-state index in [4.69, 9.17) is 10.5 Å². The summed E-state index contributed by atoms with van der Waals surface area (Å²) in [6.07, 6.45) is 3.17. The highest BCUT2D eigenvalue weighted by Gasteiger charge is 2.35. The van der Waals surface area contributed by atoms with Gasteiger partial charge in [-0.1, -0.05) is 63.9 Å². The van der Waals surface area contributed by atoms with Gasteiger partial charge in [0, 0.05) is 16.1 Å². The Balaban J connectivity index is 2.54. The third kappa shape index (κ3) is 8.85. The molecule has 3 N–H and O–H groups in total. The fourth-order valence-corrected chi connectivity index (χ4v) is 10.6. The van der Waals surface area contributed by atoms with Crippen molar-refractivity contribution in [2.45, 2.75) is 94.8 Å². The summed E-state index contributed by atoms with van der Waals surface area (Å²) < 4.78 is 5.38. The van der Waals surface area contributed by atoms with E-state index in [1.54, 1.807) is 0 Å². The summed E-state index contributed by atoms with van der Waals surface area (Å²) in [6, 6.07) is 2.70. The molecule has 0 bridgehead atoms. The first-order valence-electron chi connectivity index (χ1n) is 10.1. The van der Waals surface area contributed by atoms with Crippen LogP contribution in [0.15, 0.2) is 12.7 Å². The number of carbonyl (C=O) groups is 2. The van der Waals surface area contributed by atoms with Crippen LogP contribution >= 0.6 is 0 Å². The van der Waals surface area contributed by atoms with Crippen LogP contribution in [0.1, 0.15) is 25.7 Å². The second-order valence-corrected chi connectivity index (χ2v) is 21.0. The first-order valence-corrected chi connectivity index (χ1v) is 17.3. The standard InChI is InChI=1S/C20H39NO4Si2/c1-7-16(22)19(21)20(24)25-18-14-15(8-9-17(18)23)10-11-27(5,6)13-12-26(2,3)4/h7,15,17-19,23H,1,8-14,21H2,2-6H3. The van der Waals surface area contributed by atoms with Gasteiger partial charge in [-0.2, -0.15) is 0 Å². The van der Waals surface area contributed by atoms with E-state index in [-0.39, 0.29) is 0 Å². The summed E-state index contributed by atoms with van der Waals surface area (Å²) in [7, 11) is -2.22. The van der Waals surface area contributed by atoms with Crippen LogP contribution in [0.3, 0.4) is 0 Å². The highest BCUT2D eigenvalue weighted by atomic mass is 28.3. The lowest BCUT2D eigenvalue weighted by Crippen LogP contribution is -2.45. The van der Waals surface area contributed by atoms with Gasteiger partial charge in [-0.3, -0.25) is 4.79 Å². The summed E-state index contributed by atoms with van der Waals surface area (Å²) in [5.41, 5.74) is 5.58. The molecule has 4 atom stereocenters. The predicted octanol–water partition coefficient (Wildman–Crippen LogP) is 3.58. The Morgan fingerprint density at radius 1 is 1.19 bits per heavy atom. The molecule has 0 amide bonds. The molecule has 1 fully saturated rings. The van der Waals surface area contributed by atoms with Crippen LogP contribution < -0.4 is 5.73 Å². The molecule has 5 nitrogen and oxygen atoms in total. The average Bonchev–Trinajstić information content (AvgIpc) is 2.58. The first-order chi connectivity index (χ1) is 12.3. The van der Waals surface area contributed by atoms with Crippen LogP contribution in [0.25, 0.3) is 0 Å². The van der Waals surface area contributed by atoms with Crippen LogP contribution in [0.2, 0.25) is 50.9 Å². The zero-order chi connectivity index (χ0) is 20.8. The summed E-state index contributed by atoms with van der Waals surface area (Å²) in [5.74, 6) is -0.873. The quantitative estimate of drug-likeness (QED) is 0.247. The summed E-state index contributed by atoms with van der Waals surface area (Å²) in [4.78, 5) is 23.5. The minimum Gasteiger partial charge on any atom is -0.458 e. The maximum absolute atomic E-state index is 12.0. The highest BCUT2D eigenvalue weighted by Crippen LogP contribution is 2.33. The van der Waals surface area contributed by atoms with Gasteiger partial charge >= 0.3 is 5.97 Å². The van der Waals surface area contributed by atoms with E-state index in [0.717, 1.165) is 18.9 Å². The SMILES string of the molecule is C=CC(=O)C(N)C(=O)OC1CC(CC[Si](C)(C)CC[Si](C)(C)C)CCC1O. The van der Waals surface area contributed by atoms with E-state index < -0.39 is 46.2 Å².